The molecular weight excluding hydrogens is 292 g/mol. The van der Waals surface area contributed by atoms with Crippen LogP contribution in [0.1, 0.15) is 46.5 Å². The Morgan fingerprint density at radius 1 is 1.56 bits per heavy atom. The number of hydrogen-bond acceptors (Lipinski definition) is 2. The van der Waals surface area contributed by atoms with Gasteiger partial charge in [0.05, 0.1) is 12.0 Å². The number of alkyl halides is 1. The molecule has 0 spiro atoms. The number of carbonyl (C=O) groups is 1. The van der Waals surface area contributed by atoms with Gasteiger partial charge in [0.15, 0.2) is 0 Å². The van der Waals surface area contributed by atoms with E-state index in [1.54, 1.807) is 0 Å². The molecule has 0 aromatic heterocycles. The van der Waals surface area contributed by atoms with Crippen LogP contribution in [-0.2, 0) is 9.53 Å². The molecular formula is C15H25BrO2. The normalized spacial score (nSPS) is 32.0. The van der Waals surface area contributed by atoms with Crippen molar-refractivity contribution in [2.75, 3.05) is 11.9 Å². The van der Waals surface area contributed by atoms with Crippen LogP contribution in [0.15, 0.2) is 12.2 Å². The fourth-order valence-corrected chi connectivity index (χ4v) is 3.74. The SMILES string of the molecule is C=C(C)[C@@H]1C[C@H](CCBr)CC[C@@]1(C)C(=O)OCC. The fourth-order valence-electron chi connectivity index (χ4n) is 3.09. The van der Waals surface area contributed by atoms with E-state index in [9.17, 15) is 4.79 Å². The topological polar surface area (TPSA) is 26.3 Å². The summed E-state index contributed by atoms with van der Waals surface area (Å²) < 4.78 is 5.27. The molecule has 2 nitrogen and oxygen atoms in total. The van der Waals surface area contributed by atoms with Crippen molar-refractivity contribution in [2.45, 2.75) is 46.5 Å². The van der Waals surface area contributed by atoms with Gasteiger partial charge < -0.3 is 4.74 Å². The summed E-state index contributed by atoms with van der Waals surface area (Å²) >= 11 is 3.51. The predicted octanol–water partition coefficient (Wildman–Crippen LogP) is 4.33. The minimum absolute atomic E-state index is 0.0460. The summed E-state index contributed by atoms with van der Waals surface area (Å²) in [4.78, 5) is 12.2. The zero-order valence-corrected chi connectivity index (χ0v) is 13.4. The van der Waals surface area contributed by atoms with Gasteiger partial charge in [-0.3, -0.25) is 4.79 Å². The van der Waals surface area contributed by atoms with E-state index < -0.39 is 0 Å². The second kappa shape index (κ2) is 6.74. The lowest BCUT2D eigenvalue weighted by molar-refractivity contribution is -0.160. The Morgan fingerprint density at radius 3 is 2.72 bits per heavy atom. The predicted molar refractivity (Wildman–Crippen MR) is 78.8 cm³/mol. The zero-order valence-electron chi connectivity index (χ0n) is 11.8. The van der Waals surface area contributed by atoms with Gasteiger partial charge in [0.2, 0.25) is 0 Å². The molecule has 1 fully saturated rings. The number of hydrogen-bond donors (Lipinski definition) is 0. The van der Waals surface area contributed by atoms with Crippen molar-refractivity contribution in [3.63, 3.8) is 0 Å². The molecule has 0 unspecified atom stereocenters. The standard InChI is InChI=1S/C15H25BrO2/c1-5-18-14(17)15(4)8-6-12(7-9-16)10-13(15)11(2)3/h12-13H,2,5-10H2,1,3-4H3/t12-,13-,15+/m0/s1. The van der Waals surface area contributed by atoms with Gasteiger partial charge in [0.25, 0.3) is 0 Å². The van der Waals surface area contributed by atoms with Crippen LogP contribution in [0.5, 0.6) is 0 Å². The lowest BCUT2D eigenvalue weighted by Gasteiger charge is -2.43. The third-order valence-electron chi connectivity index (χ3n) is 4.26. The van der Waals surface area contributed by atoms with Crippen LogP contribution in [0.3, 0.4) is 0 Å². The van der Waals surface area contributed by atoms with Crippen LogP contribution in [0.2, 0.25) is 0 Å². The molecule has 18 heavy (non-hydrogen) atoms. The molecule has 0 bridgehead atoms. The molecule has 1 rings (SSSR count). The third kappa shape index (κ3) is 3.37. The summed E-state index contributed by atoms with van der Waals surface area (Å²) in [7, 11) is 0. The Kier molecular flexibility index (Phi) is 5.90. The Bertz CT molecular complexity index is 314. The molecule has 0 saturated heterocycles. The van der Waals surface area contributed by atoms with Crippen molar-refractivity contribution in [3.8, 4) is 0 Å². The fraction of sp³-hybridized carbons (Fsp3) is 0.800. The first-order valence-electron chi connectivity index (χ1n) is 6.84. The van der Waals surface area contributed by atoms with Crippen molar-refractivity contribution in [3.05, 3.63) is 12.2 Å². The maximum absolute atomic E-state index is 12.2. The van der Waals surface area contributed by atoms with Crippen LogP contribution in [0.4, 0.5) is 0 Å². The van der Waals surface area contributed by atoms with Gasteiger partial charge in [-0.05, 0) is 58.3 Å². The summed E-state index contributed by atoms with van der Waals surface area (Å²) in [5.41, 5.74) is 0.745. The number of ether oxygens (including phenoxy) is 1. The second-order valence-corrected chi connectivity index (χ2v) is 6.45. The van der Waals surface area contributed by atoms with Crippen molar-refractivity contribution >= 4 is 21.9 Å². The lowest BCUT2D eigenvalue weighted by atomic mass is 9.62. The Morgan fingerprint density at radius 2 is 2.22 bits per heavy atom. The molecule has 3 heteroatoms. The molecule has 1 aliphatic rings. The second-order valence-electron chi connectivity index (χ2n) is 5.65. The molecule has 0 aromatic carbocycles. The van der Waals surface area contributed by atoms with E-state index in [2.05, 4.69) is 29.4 Å². The Hall–Kier alpha value is -0.310. The molecule has 0 amide bonds. The van der Waals surface area contributed by atoms with Gasteiger partial charge in [-0.25, -0.2) is 0 Å². The van der Waals surface area contributed by atoms with Crippen LogP contribution in [0, 0.1) is 17.3 Å². The molecule has 0 heterocycles. The highest BCUT2D eigenvalue weighted by Gasteiger charge is 2.46. The van der Waals surface area contributed by atoms with E-state index in [1.165, 1.54) is 6.42 Å². The number of esters is 1. The summed E-state index contributed by atoms with van der Waals surface area (Å²) in [6.45, 7) is 10.5. The largest absolute Gasteiger partial charge is 0.466 e. The van der Waals surface area contributed by atoms with E-state index in [-0.39, 0.29) is 17.3 Å². The third-order valence-corrected chi connectivity index (χ3v) is 4.72. The van der Waals surface area contributed by atoms with E-state index in [0.29, 0.717) is 12.5 Å². The van der Waals surface area contributed by atoms with Gasteiger partial charge >= 0.3 is 5.97 Å². The summed E-state index contributed by atoms with van der Waals surface area (Å²) in [5, 5.41) is 1.04. The molecule has 0 N–H and O–H groups in total. The summed E-state index contributed by atoms with van der Waals surface area (Å²) in [6.07, 6.45) is 4.28. The minimum Gasteiger partial charge on any atom is -0.466 e. The first-order chi connectivity index (χ1) is 8.45. The molecule has 1 aliphatic carbocycles. The highest BCUT2D eigenvalue weighted by molar-refractivity contribution is 9.09. The van der Waals surface area contributed by atoms with Gasteiger partial charge in [-0.2, -0.15) is 0 Å². The maximum atomic E-state index is 12.2. The molecule has 0 aromatic rings. The minimum atomic E-state index is -0.370. The molecule has 104 valence electrons. The van der Waals surface area contributed by atoms with Crippen LogP contribution in [-0.4, -0.2) is 17.9 Å². The van der Waals surface area contributed by atoms with E-state index in [1.807, 2.05) is 13.8 Å². The Balaban J connectivity index is 2.84. The van der Waals surface area contributed by atoms with E-state index in [0.717, 1.165) is 30.2 Å². The quantitative estimate of drug-likeness (QED) is 0.428. The van der Waals surface area contributed by atoms with Crippen LogP contribution < -0.4 is 0 Å². The highest BCUT2D eigenvalue weighted by Crippen LogP contribution is 2.48. The van der Waals surface area contributed by atoms with Gasteiger partial charge in [-0.15, -0.1) is 0 Å². The Labute approximate surface area is 119 Å². The average molecular weight is 317 g/mol. The van der Waals surface area contributed by atoms with Crippen molar-refractivity contribution in [1.82, 2.24) is 0 Å². The van der Waals surface area contributed by atoms with Gasteiger partial charge in [0, 0.05) is 5.33 Å². The number of halogens is 1. The number of carbonyl (C=O) groups excluding carboxylic acids is 1. The maximum Gasteiger partial charge on any atom is 0.312 e. The van der Waals surface area contributed by atoms with Gasteiger partial charge in [-0.1, -0.05) is 28.1 Å². The molecule has 3 atom stereocenters. The lowest BCUT2D eigenvalue weighted by Crippen LogP contribution is -2.42. The zero-order chi connectivity index (χ0) is 13.8. The van der Waals surface area contributed by atoms with Crippen molar-refractivity contribution in [2.24, 2.45) is 17.3 Å². The smallest absolute Gasteiger partial charge is 0.312 e. The van der Waals surface area contributed by atoms with E-state index >= 15 is 0 Å². The van der Waals surface area contributed by atoms with Crippen molar-refractivity contribution < 1.29 is 9.53 Å². The molecule has 0 radical (unpaired) electrons. The first kappa shape index (κ1) is 15.7. The van der Waals surface area contributed by atoms with Crippen LogP contribution in [0.25, 0.3) is 0 Å². The van der Waals surface area contributed by atoms with Crippen LogP contribution >= 0.6 is 15.9 Å². The van der Waals surface area contributed by atoms with Gasteiger partial charge in [0.1, 0.15) is 0 Å². The molecule has 1 saturated carbocycles. The summed E-state index contributed by atoms with van der Waals surface area (Å²) in [5.74, 6) is 0.915. The number of allylic oxidation sites excluding steroid dienone is 1. The summed E-state index contributed by atoms with van der Waals surface area (Å²) in [6, 6.07) is 0. The van der Waals surface area contributed by atoms with Crippen molar-refractivity contribution in [1.29, 1.82) is 0 Å². The number of rotatable bonds is 5. The average Bonchev–Trinajstić information content (AvgIpc) is 2.32. The molecule has 0 aliphatic heterocycles. The highest BCUT2D eigenvalue weighted by atomic mass is 79.9. The monoisotopic (exact) mass is 316 g/mol. The first-order valence-corrected chi connectivity index (χ1v) is 7.96. The van der Waals surface area contributed by atoms with E-state index in [4.69, 9.17) is 4.74 Å².